The van der Waals surface area contributed by atoms with Crippen LogP contribution in [0.4, 0.5) is 0 Å². The van der Waals surface area contributed by atoms with Crippen molar-refractivity contribution in [3.05, 3.63) is 271 Å². The number of hydrogen-bond acceptors (Lipinski definition) is 14. The zero-order valence-electron chi connectivity index (χ0n) is 70.8. The fourth-order valence-electron chi connectivity index (χ4n) is 15.6. The molecule has 0 bridgehead atoms. The molecule has 19 heteroatoms. The number of aliphatic hydroxyl groups excluding tert-OH is 1. The maximum absolute atomic E-state index is 12.8. The summed E-state index contributed by atoms with van der Waals surface area (Å²) < 4.78 is 12.4. The van der Waals surface area contributed by atoms with Crippen molar-refractivity contribution in [2.24, 2.45) is 25.9 Å². The summed E-state index contributed by atoms with van der Waals surface area (Å²) in [6, 6.07) is 59.0. The molecule has 0 radical (unpaired) electrons. The van der Waals surface area contributed by atoms with E-state index in [-0.39, 0.29) is 85.4 Å². The molecule has 1 fully saturated rings. The first kappa shape index (κ1) is 85.5. The van der Waals surface area contributed by atoms with Crippen molar-refractivity contribution in [3.63, 3.8) is 0 Å². The number of ketones is 4. The molecule has 612 valence electrons. The largest absolute Gasteiger partial charge is 0.494 e. The fourth-order valence-corrected chi connectivity index (χ4v) is 15.6. The van der Waals surface area contributed by atoms with Gasteiger partial charge in [-0.15, -0.1) is 0 Å². The van der Waals surface area contributed by atoms with Gasteiger partial charge in [0, 0.05) is 124 Å². The number of Topliss-reactive ketones (excluding diaryl/α,β-unsaturated/α-hetero) is 4. The molecule has 119 heavy (non-hydrogen) atoms. The van der Waals surface area contributed by atoms with E-state index < -0.39 is 0 Å². The van der Waals surface area contributed by atoms with Gasteiger partial charge >= 0.3 is 0 Å². The van der Waals surface area contributed by atoms with E-state index in [9.17, 15) is 39.6 Å². The van der Waals surface area contributed by atoms with Gasteiger partial charge in [0.2, 0.25) is 23.5 Å². The van der Waals surface area contributed by atoms with Crippen LogP contribution in [-0.4, -0.2) is 142 Å². The average Bonchev–Trinajstić information content (AvgIpc) is 1.63. The number of nitrogens with zero attached hydrogens (tertiary/aromatic N) is 8. The highest BCUT2D eigenvalue weighted by molar-refractivity contribution is 6.16. The molecule has 0 saturated heterocycles. The smallest absolute Gasteiger partial charge is 0.206 e. The van der Waals surface area contributed by atoms with Crippen LogP contribution in [0.25, 0.3) is 77.3 Å². The molecular formula is C100H107N9O10. The first-order valence-electron chi connectivity index (χ1n) is 40.4. The Morgan fingerprint density at radius 2 is 0.807 bits per heavy atom. The molecule has 1 aliphatic rings. The Bertz CT molecular complexity index is 6280. The third kappa shape index (κ3) is 19.9. The number of aromatic hydroxyl groups is 4. The van der Waals surface area contributed by atoms with Crippen molar-refractivity contribution in [3.8, 4) is 46.3 Å². The van der Waals surface area contributed by atoms with Gasteiger partial charge in [0.1, 0.15) is 0 Å². The Labute approximate surface area is 695 Å². The summed E-state index contributed by atoms with van der Waals surface area (Å²) in [5, 5.41) is 58.3. The number of aromatic amines is 1. The average molecular weight is 1600 g/mol. The van der Waals surface area contributed by atoms with E-state index in [1.54, 1.807) is 13.3 Å². The number of fused-ring (bicyclic) bond motifs is 5. The van der Waals surface area contributed by atoms with E-state index in [2.05, 4.69) is 125 Å². The first-order valence-corrected chi connectivity index (χ1v) is 40.4. The monoisotopic (exact) mass is 1590 g/mol. The summed E-state index contributed by atoms with van der Waals surface area (Å²) in [5.74, 6) is 0.975. The molecule has 5 heterocycles. The number of H-pyrrole nitrogens is 1. The van der Waals surface area contributed by atoms with Crippen LogP contribution in [0.5, 0.6) is 23.5 Å². The summed E-state index contributed by atoms with van der Waals surface area (Å²) in [6.45, 7) is 28.7. The highest BCUT2D eigenvalue weighted by atomic mass is 16.5. The number of ether oxygens (including phenoxy) is 1. The first-order chi connectivity index (χ1) is 57.0. The van der Waals surface area contributed by atoms with Crippen LogP contribution < -0.4 is 0 Å². The Kier molecular flexibility index (Phi) is 27.0. The van der Waals surface area contributed by atoms with Gasteiger partial charge in [0.15, 0.2) is 23.1 Å². The molecule has 19 nitrogen and oxygen atoms in total. The van der Waals surface area contributed by atoms with Crippen molar-refractivity contribution in [2.45, 2.75) is 135 Å². The van der Waals surface area contributed by atoms with Crippen LogP contribution in [-0.2, 0) is 30.3 Å². The van der Waals surface area contributed by atoms with Crippen molar-refractivity contribution in [2.75, 3.05) is 46.5 Å². The Morgan fingerprint density at radius 1 is 0.420 bits per heavy atom. The lowest BCUT2D eigenvalue weighted by Crippen LogP contribution is -2.08. The van der Waals surface area contributed by atoms with Crippen molar-refractivity contribution >= 4 is 101 Å². The fraction of sp³-hybridized carbons (Fsp3) is 0.280. The molecule has 5 aromatic heterocycles. The van der Waals surface area contributed by atoms with E-state index in [1.807, 2.05) is 197 Å². The Morgan fingerprint density at radius 3 is 1.24 bits per heavy atom. The van der Waals surface area contributed by atoms with E-state index >= 15 is 0 Å². The minimum absolute atomic E-state index is 0.00143. The number of carbonyl (C=O) groups is 4. The predicted molar refractivity (Wildman–Crippen MR) is 483 cm³/mol. The summed E-state index contributed by atoms with van der Waals surface area (Å²) in [4.78, 5) is 69.6. The van der Waals surface area contributed by atoms with Gasteiger partial charge in [-0.25, -0.2) is 0 Å². The second-order valence-electron chi connectivity index (χ2n) is 31.8. The van der Waals surface area contributed by atoms with Crippen LogP contribution >= 0.6 is 0 Å². The SMILES string of the molecule is CC(=NCC(=O)CCCO)c1c(O)n(-c2cccc(C)c2)c2cc(C)ccc12.CC(=NCC(=O)Cc1c[nH]c2ccccc12)c1c(O)n(-c2cc(C)cc(C)c2)c2cc(C)ccc12.COCCC(=O)CN=C(C)c1c(O)n(-c2cc(C)cc(C)c2)c2cc(C)ccc12.Cc1cc(C)cc(-n2c(O)c(C=NCC(=O)C3CC3)c3ccc(C)cc32)c1. The number of nitrogens with one attached hydrogen (secondary N) is 1. The minimum atomic E-state index is -0.0221. The zero-order valence-corrected chi connectivity index (χ0v) is 70.8. The molecule has 0 amide bonds. The zero-order chi connectivity index (χ0) is 85.2. The van der Waals surface area contributed by atoms with Crippen LogP contribution in [0.15, 0.2) is 202 Å². The van der Waals surface area contributed by atoms with E-state index in [0.29, 0.717) is 71.7 Å². The van der Waals surface area contributed by atoms with Gasteiger partial charge < -0.3 is 35.3 Å². The minimum Gasteiger partial charge on any atom is -0.494 e. The standard InChI is InChI=1S/C30H29N3O2.C24H28N2O3.C23H26N2O3.C23H24N2O2/c1-18-9-10-26-28(14-18)33(23-12-19(2)11-20(3)13-23)30(35)29(26)21(4)31-17-24(34)15-22-16-32-27-8-6-5-7-25(22)27;1-15-6-7-21-22(13-15)26(19-11-16(2)10-17(3)12-19)24(28)23(21)18(4)25-14-20(27)8-9-29-5;1-15-6-4-7-18(12-15)25-21-13-16(2)9-10-20(21)22(23(25)28)17(3)24-14-19(27)8-5-11-26;1-14-4-7-19-20(12-24-13-22(26)17-5-6-17)23(27)25(21(19)11-14)18-9-15(2)8-16(3)10-18/h5-14,16,32,35H,15,17H2,1-4H3;6-7,10-13,28H,8-9,14H2,1-5H3;4,6-7,9-10,12-13,26,28H,5,8,11,14H2,1-3H3;4,7-12,17,27H,5-6,13H2,1-3H3. The van der Waals surface area contributed by atoms with Crippen molar-refractivity contribution in [1.29, 1.82) is 0 Å². The van der Waals surface area contributed by atoms with Crippen LogP contribution in [0.3, 0.4) is 0 Å². The van der Waals surface area contributed by atoms with Gasteiger partial charge in [-0.05, 0) is 262 Å². The molecule has 9 aromatic carbocycles. The summed E-state index contributed by atoms with van der Waals surface area (Å²) in [7, 11) is 1.57. The molecule has 0 unspecified atom stereocenters. The van der Waals surface area contributed by atoms with E-state index in [0.717, 1.165) is 157 Å². The second-order valence-corrected chi connectivity index (χ2v) is 31.8. The summed E-state index contributed by atoms with van der Waals surface area (Å²) >= 11 is 0. The third-order valence-electron chi connectivity index (χ3n) is 21.4. The van der Waals surface area contributed by atoms with Crippen LogP contribution in [0.2, 0.25) is 0 Å². The predicted octanol–water partition coefficient (Wildman–Crippen LogP) is 19.8. The van der Waals surface area contributed by atoms with Gasteiger partial charge in [-0.1, -0.05) is 97.1 Å². The number of aliphatic imine (C=N–C) groups is 4. The van der Waals surface area contributed by atoms with E-state index in [1.165, 1.54) is 0 Å². The molecule has 1 aliphatic carbocycles. The molecule has 0 spiro atoms. The number of para-hydroxylation sites is 1. The highest BCUT2D eigenvalue weighted by Gasteiger charge is 2.30. The van der Waals surface area contributed by atoms with Gasteiger partial charge in [-0.2, -0.15) is 0 Å². The van der Waals surface area contributed by atoms with Crippen LogP contribution in [0.1, 0.15) is 142 Å². The number of carbonyl (C=O) groups excluding carboxylic acids is 4. The normalized spacial score (nSPS) is 12.5. The second kappa shape index (κ2) is 37.6. The number of hydrogen-bond donors (Lipinski definition) is 6. The molecule has 0 atom stereocenters. The molecule has 14 aromatic rings. The molecule has 6 N–H and O–H groups in total. The summed E-state index contributed by atoms with van der Waals surface area (Å²) in [6.07, 6.45) is 6.93. The van der Waals surface area contributed by atoms with Crippen LogP contribution in [0, 0.1) is 82.1 Å². The topological polar surface area (TPSA) is 264 Å². The van der Waals surface area contributed by atoms with Gasteiger partial charge in [0.05, 0.1) is 77.1 Å². The van der Waals surface area contributed by atoms with Crippen molar-refractivity contribution < 1.29 is 49.4 Å². The van der Waals surface area contributed by atoms with Gasteiger partial charge in [-0.3, -0.25) is 57.4 Å². The Hall–Kier alpha value is -12.8. The number of aromatic nitrogens is 5. The van der Waals surface area contributed by atoms with E-state index in [4.69, 9.17) is 9.84 Å². The quantitative estimate of drug-likeness (QED) is 0.0295. The third-order valence-corrected chi connectivity index (χ3v) is 21.4. The molecular weight excluding hydrogens is 1490 g/mol. The number of rotatable bonds is 25. The Balaban J connectivity index is 0.000000146. The molecule has 15 rings (SSSR count). The number of aryl methyl sites for hydroxylation is 11. The maximum Gasteiger partial charge on any atom is 0.206 e. The molecule has 1 saturated carbocycles. The molecule has 0 aliphatic heterocycles. The maximum atomic E-state index is 12.8. The summed E-state index contributed by atoms with van der Waals surface area (Å²) in [5.41, 5.74) is 26.2. The van der Waals surface area contributed by atoms with Crippen molar-refractivity contribution in [1.82, 2.24) is 23.3 Å². The van der Waals surface area contributed by atoms with Gasteiger partial charge in [0.25, 0.3) is 0 Å². The lowest BCUT2D eigenvalue weighted by atomic mass is 10.1. The lowest BCUT2D eigenvalue weighted by molar-refractivity contribution is -0.119. The lowest BCUT2D eigenvalue weighted by Gasteiger charge is -2.10. The number of aliphatic hydroxyl groups is 1. The highest BCUT2D eigenvalue weighted by Crippen LogP contribution is 2.41. The number of benzene rings is 9. The number of methoxy groups -OCH3 is 1.